The highest BCUT2D eigenvalue weighted by atomic mass is 16.7. The predicted molar refractivity (Wildman–Crippen MR) is 99.8 cm³/mol. The van der Waals surface area contributed by atoms with Gasteiger partial charge in [0.05, 0.1) is 0 Å². The first-order valence-corrected chi connectivity index (χ1v) is 9.15. The molecule has 174 valence electrons. The number of esters is 3. The van der Waals surface area contributed by atoms with Gasteiger partial charge < -0.3 is 33.8 Å². The third-order valence-corrected chi connectivity index (χ3v) is 3.68. The van der Waals surface area contributed by atoms with Gasteiger partial charge in [0.25, 0.3) is 0 Å². The lowest BCUT2D eigenvalue weighted by Crippen LogP contribution is -2.69. The number of nitrogens with one attached hydrogen (secondary N) is 2. The van der Waals surface area contributed by atoms with Crippen molar-refractivity contribution >= 4 is 30.0 Å². The molecule has 0 aliphatic carbocycles. The minimum atomic E-state index is -1.33. The first kappa shape index (κ1) is 25.8. The summed E-state index contributed by atoms with van der Waals surface area (Å²) >= 11 is 0. The molecule has 0 aromatic rings. The molecule has 13 nitrogen and oxygen atoms in total. The van der Waals surface area contributed by atoms with Crippen LogP contribution in [-0.4, -0.2) is 73.8 Å². The largest absolute Gasteiger partial charge is 0.463 e. The number of hydroxylamine groups is 1. The van der Waals surface area contributed by atoms with Crippen LogP contribution >= 0.6 is 0 Å². The molecule has 1 aliphatic rings. The number of rotatable bonds is 9. The minimum Gasteiger partial charge on any atom is -0.463 e. The smallest absolute Gasteiger partial charge is 0.407 e. The molecule has 0 saturated carbocycles. The summed E-state index contributed by atoms with van der Waals surface area (Å²) in [6.45, 7) is 7.38. The third-order valence-electron chi connectivity index (χ3n) is 3.68. The number of carbonyl (C=O) groups is 5. The van der Waals surface area contributed by atoms with E-state index in [-0.39, 0.29) is 6.61 Å². The second-order valence-electron chi connectivity index (χ2n) is 6.31. The van der Waals surface area contributed by atoms with E-state index in [0.29, 0.717) is 0 Å². The Bertz CT molecular complexity index is 696. The van der Waals surface area contributed by atoms with Crippen LogP contribution in [0.2, 0.25) is 0 Å². The zero-order valence-corrected chi connectivity index (χ0v) is 17.6. The summed E-state index contributed by atoms with van der Waals surface area (Å²) in [5.41, 5.74) is 2.29. The van der Waals surface area contributed by atoms with Gasteiger partial charge in [-0.2, -0.15) is 0 Å². The topological polar surface area (TPSA) is 165 Å². The van der Waals surface area contributed by atoms with Crippen molar-refractivity contribution in [1.82, 2.24) is 10.8 Å². The lowest BCUT2D eigenvalue weighted by molar-refractivity contribution is -0.243. The molecule has 0 aromatic heterocycles. The second kappa shape index (κ2) is 12.5. The van der Waals surface area contributed by atoms with E-state index in [1.165, 1.54) is 6.08 Å². The molecule has 1 rings (SSSR count). The van der Waals surface area contributed by atoms with Crippen LogP contribution in [0.4, 0.5) is 4.79 Å². The van der Waals surface area contributed by atoms with Crippen molar-refractivity contribution in [2.45, 2.75) is 58.3 Å². The quantitative estimate of drug-likeness (QED) is 0.202. The van der Waals surface area contributed by atoms with Gasteiger partial charge in [-0.1, -0.05) is 12.7 Å². The van der Waals surface area contributed by atoms with Gasteiger partial charge in [-0.15, -0.1) is 5.48 Å². The lowest BCUT2D eigenvalue weighted by atomic mass is 9.95. The molecule has 31 heavy (non-hydrogen) atoms. The highest BCUT2D eigenvalue weighted by molar-refractivity contribution is 5.70. The molecule has 5 unspecified atom stereocenters. The normalized spacial score (nSPS) is 24.8. The van der Waals surface area contributed by atoms with Gasteiger partial charge in [0.1, 0.15) is 25.4 Å². The van der Waals surface area contributed by atoms with Crippen LogP contribution in [0.3, 0.4) is 0 Å². The minimum absolute atomic E-state index is 0.123. The first-order chi connectivity index (χ1) is 14.5. The number of ether oxygens (including phenoxy) is 5. The summed E-state index contributed by atoms with van der Waals surface area (Å²) in [6.07, 6.45) is -4.70. The van der Waals surface area contributed by atoms with E-state index in [9.17, 15) is 24.0 Å². The Morgan fingerprint density at radius 1 is 0.903 bits per heavy atom. The second-order valence-corrected chi connectivity index (χ2v) is 6.31. The molecule has 1 fully saturated rings. The van der Waals surface area contributed by atoms with E-state index in [0.717, 1.165) is 27.7 Å². The average Bonchev–Trinajstić information content (AvgIpc) is 2.66. The van der Waals surface area contributed by atoms with Gasteiger partial charge in [-0.25, -0.2) is 4.79 Å². The molecule has 1 heterocycles. The summed E-state index contributed by atoms with van der Waals surface area (Å²) in [5.74, 6) is -2.91. The van der Waals surface area contributed by atoms with Gasteiger partial charge in [-0.3, -0.25) is 19.2 Å². The first-order valence-electron chi connectivity index (χ1n) is 9.15. The maximum atomic E-state index is 12.1. The van der Waals surface area contributed by atoms with Crippen molar-refractivity contribution < 1.29 is 52.5 Å². The van der Waals surface area contributed by atoms with Gasteiger partial charge in [0.15, 0.2) is 18.4 Å². The van der Waals surface area contributed by atoms with Crippen LogP contribution in [0.25, 0.3) is 0 Å². The fourth-order valence-corrected chi connectivity index (χ4v) is 2.65. The van der Waals surface area contributed by atoms with Gasteiger partial charge >= 0.3 is 30.0 Å². The van der Waals surface area contributed by atoms with Crippen molar-refractivity contribution in [3.05, 3.63) is 12.7 Å². The van der Waals surface area contributed by atoms with Crippen molar-refractivity contribution in [2.24, 2.45) is 0 Å². The van der Waals surface area contributed by atoms with E-state index >= 15 is 0 Å². The van der Waals surface area contributed by atoms with E-state index < -0.39 is 67.2 Å². The summed E-state index contributed by atoms with van der Waals surface area (Å²) < 4.78 is 26.0. The Kier molecular flexibility index (Phi) is 10.4. The lowest BCUT2D eigenvalue weighted by Gasteiger charge is -2.44. The zero-order chi connectivity index (χ0) is 23.6. The predicted octanol–water partition coefficient (Wildman–Crippen LogP) is -0.514. The van der Waals surface area contributed by atoms with Gasteiger partial charge in [0.2, 0.25) is 0 Å². The number of amides is 1. The maximum Gasteiger partial charge on any atom is 0.407 e. The monoisotopic (exact) mass is 446 g/mol. The van der Waals surface area contributed by atoms with Gasteiger partial charge in [0, 0.05) is 27.7 Å². The zero-order valence-electron chi connectivity index (χ0n) is 17.6. The summed E-state index contributed by atoms with van der Waals surface area (Å²) in [7, 11) is 0. The highest BCUT2D eigenvalue weighted by Crippen LogP contribution is 2.26. The number of hydrogen-bond acceptors (Lipinski definition) is 12. The Morgan fingerprint density at radius 2 is 1.52 bits per heavy atom. The van der Waals surface area contributed by atoms with Crippen molar-refractivity contribution in [2.75, 3.05) is 13.2 Å². The van der Waals surface area contributed by atoms with Crippen LogP contribution in [0.5, 0.6) is 0 Å². The number of hydrogen-bond donors (Lipinski definition) is 2. The van der Waals surface area contributed by atoms with Crippen molar-refractivity contribution in [1.29, 1.82) is 0 Å². The molecule has 0 radical (unpaired) electrons. The van der Waals surface area contributed by atoms with Crippen molar-refractivity contribution in [3.63, 3.8) is 0 Å². The van der Waals surface area contributed by atoms with Crippen LogP contribution in [0.15, 0.2) is 12.7 Å². The molecule has 13 heteroatoms. The van der Waals surface area contributed by atoms with Crippen LogP contribution < -0.4 is 10.8 Å². The highest BCUT2D eigenvalue weighted by Gasteiger charge is 2.51. The Balaban J connectivity index is 3.29. The molecular formula is C18H26N2O11. The summed E-state index contributed by atoms with van der Waals surface area (Å²) in [6, 6.07) is -1.25. The number of carbonyl (C=O) groups excluding carboxylic acids is 5. The number of alkyl carbamates (subject to hydrolysis) is 1. The fourth-order valence-electron chi connectivity index (χ4n) is 2.65. The molecule has 0 aromatic carbocycles. The molecule has 0 bridgehead atoms. The van der Waals surface area contributed by atoms with Crippen LogP contribution in [0, 0.1) is 0 Å². The Morgan fingerprint density at radius 3 is 2.03 bits per heavy atom. The van der Waals surface area contributed by atoms with E-state index in [2.05, 4.69) is 17.4 Å². The Hall–Kier alpha value is -3.19. The van der Waals surface area contributed by atoms with E-state index in [4.69, 9.17) is 28.5 Å². The molecule has 0 spiro atoms. The standard InChI is InChI=1S/C18H26N2O11/c1-6-7-26-18(25)19-14-16(29-11(4)23)15(28-10(3)22)13(8-27-9(2)21)30-17(14)20-31-12(5)24/h6,13-17,20H,1,7-8H2,2-5H3,(H,19,25). The summed E-state index contributed by atoms with van der Waals surface area (Å²) in [4.78, 5) is 62.7. The molecule has 1 aliphatic heterocycles. The third kappa shape index (κ3) is 9.00. The summed E-state index contributed by atoms with van der Waals surface area (Å²) in [5, 5.41) is 2.41. The SMILES string of the molecule is C=CCOC(=O)NC1C(NOC(C)=O)OC(COC(C)=O)C(OC(C)=O)C1OC(C)=O. The average molecular weight is 446 g/mol. The Labute approximate surface area is 178 Å². The van der Waals surface area contributed by atoms with E-state index in [1.54, 1.807) is 0 Å². The van der Waals surface area contributed by atoms with Crippen LogP contribution in [-0.2, 0) is 47.7 Å². The molecule has 1 amide bonds. The fraction of sp³-hybridized carbons (Fsp3) is 0.611. The van der Waals surface area contributed by atoms with Crippen LogP contribution in [0.1, 0.15) is 27.7 Å². The maximum absolute atomic E-state index is 12.1. The molecule has 2 N–H and O–H groups in total. The molecular weight excluding hydrogens is 420 g/mol. The molecule has 1 saturated heterocycles. The van der Waals surface area contributed by atoms with Gasteiger partial charge in [-0.05, 0) is 0 Å². The van der Waals surface area contributed by atoms with E-state index in [1.807, 2.05) is 0 Å². The van der Waals surface area contributed by atoms with Crippen molar-refractivity contribution in [3.8, 4) is 0 Å². The molecule has 5 atom stereocenters.